The van der Waals surface area contributed by atoms with Crippen LogP contribution in [0.3, 0.4) is 0 Å². The van der Waals surface area contributed by atoms with Crippen molar-refractivity contribution in [2.75, 3.05) is 6.61 Å². The van der Waals surface area contributed by atoms with Crippen molar-refractivity contribution in [2.45, 2.75) is 97.5 Å². The molecule has 174 valence electrons. The van der Waals surface area contributed by atoms with Crippen molar-refractivity contribution in [3.05, 3.63) is 72.9 Å². The zero-order valence-electron chi connectivity index (χ0n) is 20.5. The summed E-state index contributed by atoms with van der Waals surface area (Å²) < 4.78 is 5.91. The van der Waals surface area contributed by atoms with E-state index in [0.717, 1.165) is 64.2 Å². The zero-order valence-corrected chi connectivity index (χ0v) is 20.5. The molecule has 0 aliphatic rings. The number of hydrogen-bond acceptors (Lipinski definition) is 2. The van der Waals surface area contributed by atoms with Crippen molar-refractivity contribution < 1.29 is 9.53 Å². The van der Waals surface area contributed by atoms with Gasteiger partial charge < -0.3 is 4.74 Å². The van der Waals surface area contributed by atoms with Crippen molar-refractivity contribution in [2.24, 2.45) is 0 Å². The van der Waals surface area contributed by atoms with E-state index in [1.807, 2.05) is 13.8 Å². The molecular formula is C29H46O2. The van der Waals surface area contributed by atoms with Crippen LogP contribution in [0.4, 0.5) is 0 Å². The number of allylic oxidation sites excluding steroid dienone is 12. The minimum atomic E-state index is -0.571. The molecule has 0 radical (unpaired) electrons. The first-order valence-electron chi connectivity index (χ1n) is 12.2. The van der Waals surface area contributed by atoms with Gasteiger partial charge in [0.25, 0.3) is 0 Å². The second-order valence-corrected chi connectivity index (χ2v) is 7.66. The molecule has 0 aromatic carbocycles. The van der Waals surface area contributed by atoms with Gasteiger partial charge in [0.15, 0.2) is 5.78 Å². The fraction of sp³-hybridized carbons (Fsp3) is 0.552. The van der Waals surface area contributed by atoms with Crippen LogP contribution < -0.4 is 0 Å². The smallest absolute Gasteiger partial charge is 0.161 e. The molecule has 0 atom stereocenters. The lowest BCUT2D eigenvalue weighted by Crippen LogP contribution is -2.39. The van der Waals surface area contributed by atoms with Gasteiger partial charge in [0.05, 0.1) is 0 Å². The van der Waals surface area contributed by atoms with Gasteiger partial charge in [-0.3, -0.25) is 4.79 Å². The molecule has 0 spiro atoms. The standard InChI is InChI=1S/C29H46O2/c1-5-8-9-10-11-12-13-14-15-16-17-18-19-20-21-22-23-24-25-26-27-31-29(6-2,7-3)28(4)30/h8-9,11-12,14-15,17-18,20-21,23-24H,5-7,10,13,16,19,22,25-27H2,1-4H3/b9-8-,12-11-,15-14-,18-17-,21-20-,24-23-. The number of carbonyl (C=O) groups is 1. The lowest BCUT2D eigenvalue weighted by molar-refractivity contribution is -0.143. The molecule has 0 fully saturated rings. The summed E-state index contributed by atoms with van der Waals surface area (Å²) in [4.78, 5) is 11.8. The van der Waals surface area contributed by atoms with Crippen LogP contribution in [0.5, 0.6) is 0 Å². The van der Waals surface area contributed by atoms with Crippen LogP contribution in [0.2, 0.25) is 0 Å². The molecule has 0 unspecified atom stereocenters. The van der Waals surface area contributed by atoms with E-state index in [4.69, 9.17) is 4.74 Å². The third-order valence-corrected chi connectivity index (χ3v) is 5.27. The molecule has 0 aliphatic carbocycles. The van der Waals surface area contributed by atoms with Gasteiger partial charge in [-0.05, 0) is 71.1 Å². The first-order valence-corrected chi connectivity index (χ1v) is 12.2. The summed E-state index contributed by atoms with van der Waals surface area (Å²) in [5.74, 6) is 0.145. The van der Waals surface area contributed by atoms with Gasteiger partial charge in [0.2, 0.25) is 0 Å². The molecule has 0 aromatic heterocycles. The van der Waals surface area contributed by atoms with Crippen molar-refractivity contribution >= 4 is 5.78 Å². The molecule has 0 saturated carbocycles. The van der Waals surface area contributed by atoms with Crippen LogP contribution in [0.25, 0.3) is 0 Å². The minimum absolute atomic E-state index is 0.145. The summed E-state index contributed by atoms with van der Waals surface area (Å²) in [5, 5.41) is 0. The summed E-state index contributed by atoms with van der Waals surface area (Å²) >= 11 is 0. The molecule has 0 rings (SSSR count). The summed E-state index contributed by atoms with van der Waals surface area (Å²) in [6, 6.07) is 0. The van der Waals surface area contributed by atoms with E-state index in [9.17, 15) is 4.79 Å². The number of ether oxygens (including phenoxy) is 1. The predicted molar refractivity (Wildman–Crippen MR) is 137 cm³/mol. The van der Waals surface area contributed by atoms with Gasteiger partial charge in [0, 0.05) is 6.61 Å². The first-order chi connectivity index (χ1) is 15.1. The minimum Gasteiger partial charge on any atom is -0.367 e. The second kappa shape index (κ2) is 21.3. The molecule has 0 saturated heterocycles. The van der Waals surface area contributed by atoms with Gasteiger partial charge in [-0.1, -0.05) is 93.7 Å². The van der Waals surface area contributed by atoms with E-state index < -0.39 is 5.60 Å². The van der Waals surface area contributed by atoms with Crippen LogP contribution in [0.1, 0.15) is 91.9 Å². The van der Waals surface area contributed by atoms with Crippen LogP contribution in [-0.2, 0) is 9.53 Å². The van der Waals surface area contributed by atoms with Crippen molar-refractivity contribution in [1.82, 2.24) is 0 Å². The van der Waals surface area contributed by atoms with E-state index in [0.29, 0.717) is 6.61 Å². The lowest BCUT2D eigenvalue weighted by atomic mass is 9.93. The summed E-state index contributed by atoms with van der Waals surface area (Å²) in [6.07, 6.45) is 36.1. The Balaban J connectivity index is 3.71. The maximum absolute atomic E-state index is 11.8. The molecule has 0 heterocycles. The van der Waals surface area contributed by atoms with Crippen molar-refractivity contribution in [3.63, 3.8) is 0 Å². The molecule has 0 aliphatic heterocycles. The molecule has 0 aromatic rings. The summed E-state index contributed by atoms with van der Waals surface area (Å²) in [5.41, 5.74) is -0.571. The maximum Gasteiger partial charge on any atom is 0.161 e. The summed E-state index contributed by atoms with van der Waals surface area (Å²) in [7, 11) is 0. The van der Waals surface area contributed by atoms with Crippen molar-refractivity contribution in [1.29, 1.82) is 0 Å². The molecule has 0 bridgehead atoms. The van der Waals surface area contributed by atoms with Crippen LogP contribution in [0.15, 0.2) is 72.9 Å². The second-order valence-electron chi connectivity index (χ2n) is 7.66. The molecular weight excluding hydrogens is 380 g/mol. The third-order valence-electron chi connectivity index (χ3n) is 5.27. The highest BCUT2D eigenvalue weighted by atomic mass is 16.5. The largest absolute Gasteiger partial charge is 0.367 e. The number of hydrogen-bond donors (Lipinski definition) is 0. The first kappa shape index (κ1) is 29.1. The number of carbonyl (C=O) groups excluding carboxylic acids is 1. The highest BCUT2D eigenvalue weighted by Crippen LogP contribution is 2.22. The normalized spacial score (nSPS) is 13.4. The average Bonchev–Trinajstić information content (AvgIpc) is 2.77. The Kier molecular flexibility index (Phi) is 20.0. The quantitative estimate of drug-likeness (QED) is 0.153. The van der Waals surface area contributed by atoms with Crippen LogP contribution >= 0.6 is 0 Å². The fourth-order valence-corrected chi connectivity index (χ4v) is 3.16. The lowest BCUT2D eigenvalue weighted by Gasteiger charge is -2.29. The van der Waals surface area contributed by atoms with E-state index >= 15 is 0 Å². The van der Waals surface area contributed by atoms with Gasteiger partial charge in [0.1, 0.15) is 5.60 Å². The van der Waals surface area contributed by atoms with E-state index in [-0.39, 0.29) is 5.78 Å². The Hall–Kier alpha value is -1.93. The van der Waals surface area contributed by atoms with Crippen molar-refractivity contribution in [3.8, 4) is 0 Å². The Labute approximate surface area is 192 Å². The number of unbranched alkanes of at least 4 members (excludes halogenated alkanes) is 1. The van der Waals surface area contributed by atoms with Gasteiger partial charge in [-0.15, -0.1) is 0 Å². The number of ketones is 1. The Bertz CT molecular complexity index is 598. The molecule has 31 heavy (non-hydrogen) atoms. The van der Waals surface area contributed by atoms with Crippen LogP contribution in [0, 0.1) is 0 Å². The summed E-state index contributed by atoms with van der Waals surface area (Å²) in [6.45, 7) is 8.49. The van der Waals surface area contributed by atoms with E-state index in [1.165, 1.54) is 0 Å². The Morgan fingerprint density at radius 2 is 1.03 bits per heavy atom. The zero-order chi connectivity index (χ0) is 23.0. The van der Waals surface area contributed by atoms with Gasteiger partial charge >= 0.3 is 0 Å². The Morgan fingerprint density at radius 3 is 1.39 bits per heavy atom. The topological polar surface area (TPSA) is 26.3 Å². The fourth-order valence-electron chi connectivity index (χ4n) is 3.16. The number of rotatable bonds is 19. The number of Topliss-reactive ketones (excluding diaryl/α,β-unsaturated/α-hetero) is 1. The highest BCUT2D eigenvalue weighted by Gasteiger charge is 2.31. The van der Waals surface area contributed by atoms with E-state index in [2.05, 4.69) is 79.8 Å². The van der Waals surface area contributed by atoms with Gasteiger partial charge in [-0.2, -0.15) is 0 Å². The molecule has 2 heteroatoms. The van der Waals surface area contributed by atoms with Gasteiger partial charge in [-0.25, -0.2) is 0 Å². The molecule has 0 amide bonds. The Morgan fingerprint density at radius 1 is 0.645 bits per heavy atom. The predicted octanol–water partition coefficient (Wildman–Crippen LogP) is 8.63. The average molecular weight is 427 g/mol. The monoisotopic (exact) mass is 426 g/mol. The van der Waals surface area contributed by atoms with E-state index in [1.54, 1.807) is 6.92 Å². The molecule has 0 N–H and O–H groups in total. The maximum atomic E-state index is 11.8. The SMILES string of the molecule is CC/C=C\C/C=C\C/C=C\C/C=C\C/C=C\C/C=C\CCCOC(CC)(CC)C(C)=O. The van der Waals surface area contributed by atoms with Crippen LogP contribution in [-0.4, -0.2) is 18.0 Å². The molecule has 2 nitrogen and oxygen atoms in total. The third kappa shape index (κ3) is 16.4. The highest BCUT2D eigenvalue weighted by molar-refractivity contribution is 5.84.